The molecule has 1 unspecified atom stereocenters. The molecule has 1 fully saturated rings. The Morgan fingerprint density at radius 1 is 1.11 bits per heavy atom. The normalized spacial score (nSPS) is 17.4. The predicted octanol–water partition coefficient (Wildman–Crippen LogP) is 1.97. The maximum atomic E-state index is 12.7. The highest BCUT2D eigenvalue weighted by atomic mass is 16.2. The molecule has 0 bridgehead atoms. The average molecular weight is 388 g/mol. The summed E-state index contributed by atoms with van der Waals surface area (Å²) < 4.78 is 0. The van der Waals surface area contributed by atoms with Crippen LogP contribution >= 0.6 is 0 Å². The molecule has 28 heavy (non-hydrogen) atoms. The highest BCUT2D eigenvalue weighted by molar-refractivity contribution is 5.85. The Hall–Kier alpha value is -2.08. The summed E-state index contributed by atoms with van der Waals surface area (Å²) >= 11 is 0. The minimum Gasteiger partial charge on any atom is -0.355 e. The van der Waals surface area contributed by atoms with Crippen LogP contribution in [0.25, 0.3) is 0 Å². The largest absolute Gasteiger partial charge is 0.355 e. The van der Waals surface area contributed by atoms with E-state index in [1.807, 2.05) is 20.2 Å². The summed E-state index contributed by atoms with van der Waals surface area (Å²) in [7, 11) is 9.69. The monoisotopic (exact) mass is 387 g/mol. The van der Waals surface area contributed by atoms with E-state index >= 15 is 0 Å². The number of nitrogens with one attached hydrogen (secondary N) is 2. The molecule has 0 aromatic heterocycles. The lowest BCUT2D eigenvalue weighted by atomic mass is 9.84. The van der Waals surface area contributed by atoms with Crippen LogP contribution in [-0.4, -0.2) is 76.0 Å². The topological polar surface area (TPSA) is 60.0 Å². The summed E-state index contributed by atoms with van der Waals surface area (Å²) in [6.07, 6.45) is 5.10. The molecule has 0 saturated heterocycles. The zero-order valence-corrected chi connectivity index (χ0v) is 18.2. The van der Waals surface area contributed by atoms with Gasteiger partial charge in [0.05, 0.1) is 5.41 Å². The predicted molar refractivity (Wildman–Crippen MR) is 117 cm³/mol. The van der Waals surface area contributed by atoms with Gasteiger partial charge < -0.3 is 20.4 Å². The molecule has 0 spiro atoms. The molecule has 1 aromatic rings. The Morgan fingerprint density at radius 2 is 1.75 bits per heavy atom. The molecule has 156 valence electrons. The van der Waals surface area contributed by atoms with Gasteiger partial charge in [-0.15, -0.1) is 0 Å². The van der Waals surface area contributed by atoms with Gasteiger partial charge in [0.2, 0.25) is 5.91 Å². The van der Waals surface area contributed by atoms with Crippen molar-refractivity contribution in [1.29, 1.82) is 0 Å². The van der Waals surface area contributed by atoms with Gasteiger partial charge in [0.25, 0.3) is 0 Å². The first kappa shape index (κ1) is 22.2. The molecule has 6 nitrogen and oxygen atoms in total. The van der Waals surface area contributed by atoms with E-state index in [0.717, 1.165) is 44.6 Å². The Morgan fingerprint density at radius 3 is 2.29 bits per heavy atom. The molecular weight excluding hydrogens is 350 g/mol. The van der Waals surface area contributed by atoms with E-state index in [1.165, 1.54) is 5.56 Å². The number of benzene rings is 1. The molecule has 0 aliphatic heterocycles. The lowest BCUT2D eigenvalue weighted by molar-refractivity contribution is -0.138. The van der Waals surface area contributed by atoms with Crippen LogP contribution < -0.4 is 10.6 Å². The Kier molecular flexibility index (Phi) is 8.30. The van der Waals surface area contributed by atoms with Crippen molar-refractivity contribution in [2.75, 3.05) is 48.3 Å². The lowest BCUT2D eigenvalue weighted by Crippen LogP contribution is -2.51. The molecular formula is C22H37N5O. The molecule has 1 saturated carbocycles. The average Bonchev–Trinajstić information content (AvgIpc) is 3.17. The number of carbonyl (C=O) groups is 1. The second-order valence-electron chi connectivity index (χ2n) is 8.30. The number of hydrogen-bond donors (Lipinski definition) is 2. The van der Waals surface area contributed by atoms with E-state index in [2.05, 4.69) is 58.9 Å². The summed E-state index contributed by atoms with van der Waals surface area (Å²) in [5, 5.41) is 6.87. The molecule has 2 N–H and O–H groups in total. The molecule has 2 rings (SSSR count). The van der Waals surface area contributed by atoms with Gasteiger partial charge in [-0.3, -0.25) is 9.79 Å². The van der Waals surface area contributed by atoms with Gasteiger partial charge in [-0.05, 0) is 38.9 Å². The molecule has 6 heteroatoms. The molecule has 0 radical (unpaired) electrons. The second-order valence-corrected chi connectivity index (χ2v) is 8.30. The maximum Gasteiger partial charge on any atom is 0.230 e. The van der Waals surface area contributed by atoms with Crippen LogP contribution in [0.1, 0.15) is 31.2 Å². The highest BCUT2D eigenvalue weighted by Crippen LogP contribution is 2.38. The molecule has 1 atom stereocenters. The summed E-state index contributed by atoms with van der Waals surface area (Å²) in [5.74, 6) is 0.987. The van der Waals surface area contributed by atoms with Crippen molar-refractivity contribution >= 4 is 11.9 Å². The molecule has 1 aliphatic rings. The molecule has 1 aliphatic carbocycles. The van der Waals surface area contributed by atoms with E-state index in [0.29, 0.717) is 12.6 Å². The summed E-state index contributed by atoms with van der Waals surface area (Å²) in [4.78, 5) is 21.1. The lowest BCUT2D eigenvalue weighted by Gasteiger charge is -2.32. The van der Waals surface area contributed by atoms with Crippen molar-refractivity contribution in [3.63, 3.8) is 0 Å². The van der Waals surface area contributed by atoms with Gasteiger partial charge in [-0.2, -0.15) is 0 Å². The van der Waals surface area contributed by atoms with E-state index in [1.54, 1.807) is 11.9 Å². The van der Waals surface area contributed by atoms with Crippen molar-refractivity contribution in [2.24, 2.45) is 10.4 Å². The number of aliphatic imine (C=N–C) groups is 1. The molecule has 0 heterocycles. The Labute approximate surface area is 170 Å². The van der Waals surface area contributed by atoms with Crippen molar-refractivity contribution in [3.8, 4) is 0 Å². The molecule has 1 amide bonds. The highest BCUT2D eigenvalue weighted by Gasteiger charge is 2.42. The van der Waals surface area contributed by atoms with E-state index in [4.69, 9.17) is 0 Å². The number of carbonyl (C=O) groups excluding carboxylic acids is 1. The van der Waals surface area contributed by atoms with Crippen LogP contribution in [0.4, 0.5) is 0 Å². The number of rotatable bonds is 8. The SMILES string of the molecule is CN=C(NCC(Cc1ccccc1)N(C)C)NCC1(C(=O)N(C)C)CCCC1. The van der Waals surface area contributed by atoms with Crippen LogP contribution in [0, 0.1) is 5.41 Å². The van der Waals surface area contributed by atoms with Crippen LogP contribution in [0.5, 0.6) is 0 Å². The smallest absolute Gasteiger partial charge is 0.230 e. The third-order valence-electron chi connectivity index (χ3n) is 5.79. The van der Waals surface area contributed by atoms with Crippen molar-refractivity contribution in [3.05, 3.63) is 35.9 Å². The summed E-state index contributed by atoms with van der Waals surface area (Å²) in [5.41, 5.74) is 1.03. The van der Waals surface area contributed by atoms with Crippen LogP contribution in [0.15, 0.2) is 35.3 Å². The first-order valence-electron chi connectivity index (χ1n) is 10.2. The zero-order chi connectivity index (χ0) is 20.6. The maximum absolute atomic E-state index is 12.7. The van der Waals surface area contributed by atoms with E-state index in [9.17, 15) is 4.79 Å². The minimum absolute atomic E-state index is 0.225. The van der Waals surface area contributed by atoms with Crippen molar-refractivity contribution in [2.45, 2.75) is 38.1 Å². The van der Waals surface area contributed by atoms with Gasteiger partial charge in [0.15, 0.2) is 5.96 Å². The van der Waals surface area contributed by atoms with E-state index < -0.39 is 0 Å². The second kappa shape index (κ2) is 10.5. The zero-order valence-electron chi connectivity index (χ0n) is 18.2. The summed E-state index contributed by atoms with van der Waals surface area (Å²) in [6.45, 7) is 1.42. The van der Waals surface area contributed by atoms with Gasteiger partial charge >= 0.3 is 0 Å². The minimum atomic E-state index is -0.299. The van der Waals surface area contributed by atoms with Gasteiger partial charge in [-0.1, -0.05) is 43.2 Å². The van der Waals surface area contributed by atoms with Crippen LogP contribution in [-0.2, 0) is 11.2 Å². The van der Waals surface area contributed by atoms with E-state index in [-0.39, 0.29) is 11.3 Å². The quantitative estimate of drug-likeness (QED) is 0.529. The Bertz CT molecular complexity index is 636. The van der Waals surface area contributed by atoms with Gasteiger partial charge in [-0.25, -0.2) is 0 Å². The van der Waals surface area contributed by atoms with Gasteiger partial charge in [0, 0.05) is 40.3 Å². The third kappa shape index (κ3) is 5.96. The fraction of sp³-hybridized carbons (Fsp3) is 0.636. The number of amides is 1. The number of likely N-dealkylation sites (N-methyl/N-ethyl adjacent to an activating group) is 1. The first-order valence-corrected chi connectivity index (χ1v) is 10.2. The Balaban J connectivity index is 1.93. The number of nitrogens with zero attached hydrogens (tertiary/aromatic N) is 3. The number of guanidine groups is 1. The van der Waals surface area contributed by atoms with Crippen molar-refractivity contribution < 1.29 is 4.79 Å². The first-order chi connectivity index (χ1) is 13.4. The van der Waals surface area contributed by atoms with Crippen molar-refractivity contribution in [1.82, 2.24) is 20.4 Å². The van der Waals surface area contributed by atoms with Crippen LogP contribution in [0.3, 0.4) is 0 Å². The summed E-state index contributed by atoms with van der Waals surface area (Å²) in [6, 6.07) is 10.9. The van der Waals surface area contributed by atoms with Gasteiger partial charge in [0.1, 0.15) is 0 Å². The third-order valence-corrected chi connectivity index (χ3v) is 5.79. The van der Waals surface area contributed by atoms with Crippen LogP contribution in [0.2, 0.25) is 0 Å². The standard InChI is InChI=1S/C22H37N5O/c1-23-21(25-17-22(13-9-10-14-22)20(28)27(4)5)24-16-19(26(2)3)15-18-11-7-6-8-12-18/h6-8,11-12,19H,9-10,13-17H2,1-5H3,(H2,23,24,25). The fourth-order valence-corrected chi connectivity index (χ4v) is 4.00. The fourth-order valence-electron chi connectivity index (χ4n) is 4.00. The molecule has 1 aromatic carbocycles. The number of hydrogen-bond acceptors (Lipinski definition) is 3.